The number of carbonyl (C=O) groups is 1. The van der Waals surface area contributed by atoms with E-state index in [1.165, 1.54) is 24.3 Å². The summed E-state index contributed by atoms with van der Waals surface area (Å²) in [5, 5.41) is 9.43. The van der Waals surface area contributed by atoms with Gasteiger partial charge in [-0.1, -0.05) is 30.2 Å². The number of hydrogen-bond acceptors (Lipinski definition) is 2. The van der Waals surface area contributed by atoms with E-state index in [1.54, 1.807) is 18.2 Å². The fraction of sp³-hybridized carbons (Fsp3) is 0.0714. The van der Waals surface area contributed by atoms with Crippen molar-refractivity contribution >= 4 is 5.78 Å². The summed E-state index contributed by atoms with van der Waals surface area (Å²) in [5.41, 5.74) is 0.354. The van der Waals surface area contributed by atoms with Crippen molar-refractivity contribution in [1.29, 1.82) is 0 Å². The van der Waals surface area contributed by atoms with Crippen LogP contribution in [0.4, 0.5) is 4.39 Å². The molecular weight excluding hydrogens is 219 g/mol. The fourth-order valence-electron chi connectivity index (χ4n) is 1.45. The van der Waals surface area contributed by atoms with Crippen molar-refractivity contribution in [3.05, 3.63) is 53.9 Å². The molecule has 0 fully saturated rings. The molecule has 1 atom stereocenters. The Labute approximate surface area is 98.1 Å². The predicted molar refractivity (Wildman–Crippen MR) is 61.8 cm³/mol. The zero-order valence-electron chi connectivity index (χ0n) is 8.85. The molecule has 0 aromatic heterocycles. The van der Waals surface area contributed by atoms with Crippen LogP contribution < -0.4 is 0 Å². The Hall–Kier alpha value is -2.34. The van der Waals surface area contributed by atoms with Gasteiger partial charge in [0.25, 0.3) is 0 Å². The molecule has 0 heterocycles. The molecule has 1 aliphatic carbocycles. The van der Waals surface area contributed by atoms with Gasteiger partial charge >= 0.3 is 0 Å². The van der Waals surface area contributed by atoms with Crippen molar-refractivity contribution in [2.24, 2.45) is 5.92 Å². The zero-order valence-corrected chi connectivity index (χ0v) is 8.85. The molecule has 1 aromatic carbocycles. The molecule has 0 saturated heterocycles. The minimum absolute atomic E-state index is 0.00535. The lowest BCUT2D eigenvalue weighted by atomic mass is 10.1. The molecule has 2 rings (SSSR count). The monoisotopic (exact) mass is 228 g/mol. The van der Waals surface area contributed by atoms with Crippen LogP contribution in [0.1, 0.15) is 5.56 Å². The van der Waals surface area contributed by atoms with E-state index in [1.807, 2.05) is 0 Å². The molecule has 1 aliphatic rings. The summed E-state index contributed by atoms with van der Waals surface area (Å²) in [7, 11) is 0. The average Bonchev–Trinajstić information content (AvgIpc) is 2.74. The van der Waals surface area contributed by atoms with E-state index in [4.69, 9.17) is 0 Å². The highest BCUT2D eigenvalue weighted by molar-refractivity contribution is 6.01. The maximum atomic E-state index is 13.1. The molecule has 17 heavy (non-hydrogen) atoms. The molecule has 2 nitrogen and oxygen atoms in total. The van der Waals surface area contributed by atoms with Gasteiger partial charge in [0.2, 0.25) is 5.78 Å². The number of carbonyl (C=O) groups excluding carboxylic acids is 1. The topological polar surface area (TPSA) is 37.3 Å². The number of benzene rings is 1. The highest BCUT2D eigenvalue weighted by Crippen LogP contribution is 2.21. The number of halogens is 1. The predicted octanol–water partition coefficient (Wildman–Crippen LogP) is 2.35. The van der Waals surface area contributed by atoms with E-state index >= 15 is 0 Å². The number of phenols is 1. The molecule has 1 N–H and O–H groups in total. The summed E-state index contributed by atoms with van der Waals surface area (Å²) >= 11 is 0. The van der Waals surface area contributed by atoms with Gasteiger partial charge in [-0.2, -0.15) is 0 Å². The number of allylic oxidation sites excluding steroid dienone is 4. The lowest BCUT2D eigenvalue weighted by Crippen LogP contribution is -2.08. The van der Waals surface area contributed by atoms with E-state index < -0.39 is 17.5 Å². The Bertz CT molecular complexity index is 573. The van der Waals surface area contributed by atoms with Gasteiger partial charge in [-0.25, -0.2) is 4.39 Å². The quantitative estimate of drug-likeness (QED) is 0.749. The fourth-order valence-corrected chi connectivity index (χ4v) is 1.45. The summed E-state index contributed by atoms with van der Waals surface area (Å²) in [6.07, 6.45) is 4.18. The highest BCUT2D eigenvalue weighted by Gasteiger charge is 2.21. The van der Waals surface area contributed by atoms with Gasteiger partial charge in [0.15, 0.2) is 0 Å². The maximum Gasteiger partial charge on any atom is 0.219 e. The van der Waals surface area contributed by atoms with E-state index in [9.17, 15) is 14.3 Å². The molecule has 1 aromatic rings. The van der Waals surface area contributed by atoms with Crippen molar-refractivity contribution in [2.45, 2.75) is 0 Å². The first kappa shape index (κ1) is 11.2. The summed E-state index contributed by atoms with van der Waals surface area (Å²) in [6, 6.07) is 6.42. The Kier molecular flexibility index (Phi) is 3.06. The molecule has 0 amide bonds. The summed E-state index contributed by atoms with van der Waals surface area (Å²) in [5.74, 6) is 2.96. The number of phenolic OH excluding ortho intramolecular Hbond substituents is 1. The maximum absolute atomic E-state index is 13.1. The Morgan fingerprint density at radius 3 is 2.76 bits per heavy atom. The Morgan fingerprint density at radius 1 is 1.35 bits per heavy atom. The lowest BCUT2D eigenvalue weighted by molar-refractivity contribution is -0.115. The molecule has 0 aliphatic heterocycles. The lowest BCUT2D eigenvalue weighted by Gasteiger charge is -1.99. The van der Waals surface area contributed by atoms with Crippen LogP contribution >= 0.6 is 0 Å². The van der Waals surface area contributed by atoms with E-state index in [0.29, 0.717) is 5.56 Å². The van der Waals surface area contributed by atoms with E-state index in [-0.39, 0.29) is 5.75 Å². The second kappa shape index (κ2) is 4.67. The third-order valence-electron chi connectivity index (χ3n) is 2.36. The molecule has 0 bridgehead atoms. The SMILES string of the molecule is O=C(C#Cc1ccccc1O)C1C=CC=C1F. The third-order valence-corrected chi connectivity index (χ3v) is 2.36. The van der Waals surface area contributed by atoms with Crippen LogP contribution in [-0.4, -0.2) is 10.9 Å². The number of hydrogen-bond donors (Lipinski definition) is 1. The summed E-state index contributed by atoms with van der Waals surface area (Å²) < 4.78 is 13.1. The van der Waals surface area contributed by atoms with Crippen LogP contribution in [0.3, 0.4) is 0 Å². The number of rotatable bonds is 1. The van der Waals surface area contributed by atoms with E-state index in [0.717, 1.165) is 0 Å². The number of para-hydroxylation sites is 1. The molecular formula is C14H9FO2. The Balaban J connectivity index is 2.18. The molecule has 84 valence electrons. The minimum Gasteiger partial charge on any atom is -0.507 e. The van der Waals surface area contributed by atoms with Gasteiger partial charge in [0.1, 0.15) is 17.5 Å². The first-order chi connectivity index (χ1) is 8.18. The molecule has 0 spiro atoms. The van der Waals surface area contributed by atoms with Gasteiger partial charge in [-0.05, 0) is 24.1 Å². The standard InChI is InChI=1S/C14H9FO2/c15-12-6-3-5-11(12)14(17)9-8-10-4-1-2-7-13(10)16/h1-7,11,16H. The van der Waals surface area contributed by atoms with Crippen LogP contribution in [0.2, 0.25) is 0 Å². The van der Waals surface area contributed by atoms with Crippen LogP contribution in [0.5, 0.6) is 5.75 Å². The van der Waals surface area contributed by atoms with Crippen molar-refractivity contribution in [3.8, 4) is 17.6 Å². The largest absolute Gasteiger partial charge is 0.507 e. The van der Waals surface area contributed by atoms with E-state index in [2.05, 4.69) is 11.8 Å². The normalized spacial score (nSPS) is 17.2. The Morgan fingerprint density at radius 2 is 2.12 bits per heavy atom. The van der Waals surface area contributed by atoms with Crippen LogP contribution in [-0.2, 0) is 4.79 Å². The van der Waals surface area contributed by atoms with Crippen LogP contribution in [0, 0.1) is 17.8 Å². The van der Waals surface area contributed by atoms with Gasteiger partial charge in [-0.15, -0.1) is 0 Å². The van der Waals surface area contributed by atoms with Gasteiger partial charge in [-0.3, -0.25) is 4.79 Å². The van der Waals surface area contributed by atoms with Crippen molar-refractivity contribution in [2.75, 3.05) is 0 Å². The number of Topliss-reactive ketones (excluding diaryl/α,β-unsaturated/α-hetero) is 1. The third kappa shape index (κ3) is 2.43. The second-order valence-corrected chi connectivity index (χ2v) is 3.55. The smallest absolute Gasteiger partial charge is 0.219 e. The molecule has 3 heteroatoms. The highest BCUT2D eigenvalue weighted by atomic mass is 19.1. The van der Waals surface area contributed by atoms with Crippen LogP contribution in [0.15, 0.2) is 48.3 Å². The first-order valence-electron chi connectivity index (χ1n) is 5.06. The molecule has 0 radical (unpaired) electrons. The van der Waals surface area contributed by atoms with Gasteiger partial charge in [0.05, 0.1) is 5.56 Å². The molecule has 1 unspecified atom stereocenters. The average molecular weight is 228 g/mol. The van der Waals surface area contributed by atoms with Gasteiger partial charge < -0.3 is 5.11 Å². The van der Waals surface area contributed by atoms with Crippen LogP contribution in [0.25, 0.3) is 0 Å². The number of ketones is 1. The van der Waals surface area contributed by atoms with Crippen molar-refractivity contribution < 1.29 is 14.3 Å². The first-order valence-corrected chi connectivity index (χ1v) is 5.06. The second-order valence-electron chi connectivity index (χ2n) is 3.55. The van der Waals surface area contributed by atoms with Crippen molar-refractivity contribution in [1.82, 2.24) is 0 Å². The molecule has 0 saturated carbocycles. The van der Waals surface area contributed by atoms with Gasteiger partial charge in [0, 0.05) is 0 Å². The summed E-state index contributed by atoms with van der Waals surface area (Å²) in [6.45, 7) is 0. The summed E-state index contributed by atoms with van der Waals surface area (Å²) in [4.78, 5) is 11.6. The zero-order chi connectivity index (χ0) is 12.3. The van der Waals surface area contributed by atoms with Crippen molar-refractivity contribution in [3.63, 3.8) is 0 Å². The number of aromatic hydroxyl groups is 1. The minimum atomic E-state index is -0.895.